The Kier molecular flexibility index (Phi) is 6.18. The molecular formula is C15H19ClFN3O3. The zero-order valence-corrected chi connectivity index (χ0v) is 13.6. The van der Waals surface area contributed by atoms with Crippen LogP contribution in [0.15, 0.2) is 18.2 Å². The number of methoxy groups -OCH3 is 1. The fourth-order valence-electron chi connectivity index (χ4n) is 2.31. The maximum absolute atomic E-state index is 13.1. The third-order valence-electron chi connectivity index (χ3n) is 3.62. The third kappa shape index (κ3) is 4.80. The molecule has 1 fully saturated rings. The Morgan fingerprint density at radius 1 is 1.26 bits per heavy atom. The second-order valence-corrected chi connectivity index (χ2v) is 5.62. The molecule has 1 aromatic rings. The van der Waals surface area contributed by atoms with E-state index >= 15 is 0 Å². The van der Waals surface area contributed by atoms with Crippen molar-refractivity contribution in [1.82, 2.24) is 15.1 Å². The first-order valence-corrected chi connectivity index (χ1v) is 7.62. The van der Waals surface area contributed by atoms with Crippen molar-refractivity contribution in [2.24, 2.45) is 0 Å². The van der Waals surface area contributed by atoms with Gasteiger partial charge in [0.15, 0.2) is 0 Å². The molecule has 8 heteroatoms. The van der Waals surface area contributed by atoms with Crippen molar-refractivity contribution in [3.8, 4) is 0 Å². The average molecular weight is 344 g/mol. The van der Waals surface area contributed by atoms with Crippen LogP contribution >= 0.6 is 11.6 Å². The molecule has 6 nitrogen and oxygen atoms in total. The number of carbonyl (C=O) groups excluding carboxylic acids is 2. The van der Waals surface area contributed by atoms with Crippen molar-refractivity contribution in [3.05, 3.63) is 34.6 Å². The number of rotatable bonds is 4. The van der Waals surface area contributed by atoms with Gasteiger partial charge in [-0.2, -0.15) is 0 Å². The van der Waals surface area contributed by atoms with Crippen molar-refractivity contribution in [3.63, 3.8) is 0 Å². The van der Waals surface area contributed by atoms with Gasteiger partial charge in [-0.25, -0.2) is 9.18 Å². The Labute approximate surface area is 139 Å². The normalized spacial score (nSPS) is 14.7. The van der Waals surface area contributed by atoms with Gasteiger partial charge in [-0.05, 0) is 17.7 Å². The van der Waals surface area contributed by atoms with Gasteiger partial charge in [0.1, 0.15) is 12.4 Å². The van der Waals surface area contributed by atoms with Crippen LogP contribution in [0.4, 0.5) is 9.18 Å². The lowest BCUT2D eigenvalue weighted by molar-refractivity contribution is -0.136. The minimum atomic E-state index is -0.487. The zero-order valence-electron chi connectivity index (χ0n) is 12.8. The van der Waals surface area contributed by atoms with Gasteiger partial charge in [0.05, 0.1) is 5.02 Å². The summed E-state index contributed by atoms with van der Waals surface area (Å²) in [6, 6.07) is 4.11. The molecule has 126 valence electrons. The third-order valence-corrected chi connectivity index (χ3v) is 3.90. The number of carbonyl (C=O) groups is 2. The fraction of sp³-hybridized carbons (Fsp3) is 0.467. The van der Waals surface area contributed by atoms with Crippen LogP contribution in [0.5, 0.6) is 0 Å². The molecule has 1 saturated heterocycles. The number of amides is 3. The Balaban J connectivity index is 1.79. The number of benzene rings is 1. The van der Waals surface area contributed by atoms with E-state index in [1.54, 1.807) is 15.9 Å². The van der Waals surface area contributed by atoms with Gasteiger partial charge in [-0.3, -0.25) is 4.79 Å². The molecule has 0 spiro atoms. The summed E-state index contributed by atoms with van der Waals surface area (Å²) in [7, 11) is 1.48. The number of hydrogen-bond donors (Lipinski definition) is 1. The average Bonchev–Trinajstić information content (AvgIpc) is 2.56. The second-order valence-electron chi connectivity index (χ2n) is 5.21. The highest BCUT2D eigenvalue weighted by atomic mass is 35.5. The van der Waals surface area contributed by atoms with Crippen molar-refractivity contribution in [2.75, 3.05) is 39.9 Å². The maximum Gasteiger partial charge on any atom is 0.317 e. The van der Waals surface area contributed by atoms with E-state index in [2.05, 4.69) is 5.32 Å². The number of hydrogen-bond acceptors (Lipinski definition) is 3. The highest BCUT2D eigenvalue weighted by molar-refractivity contribution is 6.30. The van der Waals surface area contributed by atoms with E-state index in [9.17, 15) is 14.0 Å². The van der Waals surface area contributed by atoms with Crippen LogP contribution in [-0.4, -0.2) is 61.6 Å². The van der Waals surface area contributed by atoms with E-state index in [4.69, 9.17) is 16.3 Å². The molecule has 1 aliphatic heterocycles. The molecule has 1 N–H and O–H groups in total. The minimum absolute atomic E-state index is 0.0296. The Bertz CT molecular complexity index is 577. The van der Waals surface area contributed by atoms with Crippen LogP contribution in [0.1, 0.15) is 5.56 Å². The van der Waals surface area contributed by atoms with E-state index in [0.29, 0.717) is 26.2 Å². The topological polar surface area (TPSA) is 61.9 Å². The highest BCUT2D eigenvalue weighted by Gasteiger charge is 2.23. The van der Waals surface area contributed by atoms with Crippen LogP contribution in [0.2, 0.25) is 5.02 Å². The van der Waals surface area contributed by atoms with Gasteiger partial charge in [0.2, 0.25) is 5.91 Å². The van der Waals surface area contributed by atoms with Gasteiger partial charge in [-0.15, -0.1) is 0 Å². The first kappa shape index (κ1) is 17.5. The molecule has 0 aliphatic carbocycles. The van der Waals surface area contributed by atoms with E-state index in [0.717, 1.165) is 5.56 Å². The molecule has 0 radical (unpaired) electrons. The molecule has 3 amide bonds. The molecule has 1 aliphatic rings. The number of nitrogens with one attached hydrogen (secondary N) is 1. The predicted molar refractivity (Wildman–Crippen MR) is 83.7 cm³/mol. The summed E-state index contributed by atoms with van der Waals surface area (Å²) in [4.78, 5) is 27.1. The monoisotopic (exact) mass is 343 g/mol. The molecule has 0 atom stereocenters. The van der Waals surface area contributed by atoms with E-state index in [1.807, 2.05) is 0 Å². The SMILES string of the molecule is COCC(=O)N1CCN(C(=O)NCc2ccc(F)c(Cl)c2)CC1. The van der Waals surface area contributed by atoms with Crippen molar-refractivity contribution in [2.45, 2.75) is 6.54 Å². The zero-order chi connectivity index (χ0) is 16.8. The quantitative estimate of drug-likeness (QED) is 0.900. The molecular weight excluding hydrogens is 325 g/mol. The smallest absolute Gasteiger partial charge is 0.317 e. The summed E-state index contributed by atoms with van der Waals surface area (Å²) in [5.41, 5.74) is 0.721. The Hall–Kier alpha value is -1.86. The van der Waals surface area contributed by atoms with Gasteiger partial charge in [-0.1, -0.05) is 17.7 Å². The molecule has 2 rings (SSSR count). The van der Waals surface area contributed by atoms with Crippen LogP contribution in [0.25, 0.3) is 0 Å². The van der Waals surface area contributed by atoms with Gasteiger partial charge in [0, 0.05) is 39.8 Å². The standard InChI is InChI=1S/C15H19ClFN3O3/c1-23-10-14(21)19-4-6-20(7-5-19)15(22)18-9-11-2-3-13(17)12(16)8-11/h2-3,8H,4-7,9-10H2,1H3,(H,18,22). The van der Waals surface area contributed by atoms with Crippen molar-refractivity contribution >= 4 is 23.5 Å². The minimum Gasteiger partial charge on any atom is -0.375 e. The highest BCUT2D eigenvalue weighted by Crippen LogP contribution is 2.15. The van der Waals surface area contributed by atoms with Crippen LogP contribution in [-0.2, 0) is 16.1 Å². The summed E-state index contributed by atoms with van der Waals surface area (Å²) in [5.74, 6) is -0.563. The molecule has 0 unspecified atom stereocenters. The summed E-state index contributed by atoms with van der Waals surface area (Å²) in [6.45, 7) is 2.21. The number of piperazine rings is 1. The lowest BCUT2D eigenvalue weighted by Gasteiger charge is -2.34. The first-order valence-electron chi connectivity index (χ1n) is 7.24. The molecule has 0 aromatic heterocycles. The lowest BCUT2D eigenvalue weighted by atomic mass is 10.2. The largest absolute Gasteiger partial charge is 0.375 e. The summed E-state index contributed by atoms with van der Waals surface area (Å²) in [6.07, 6.45) is 0. The maximum atomic E-state index is 13.1. The van der Waals surface area contributed by atoms with Gasteiger partial charge in [0.25, 0.3) is 0 Å². The molecule has 0 bridgehead atoms. The summed E-state index contributed by atoms with van der Waals surface area (Å²) >= 11 is 5.70. The van der Waals surface area contributed by atoms with Crippen molar-refractivity contribution in [1.29, 1.82) is 0 Å². The first-order chi connectivity index (χ1) is 11.0. The lowest BCUT2D eigenvalue weighted by Crippen LogP contribution is -2.53. The Morgan fingerprint density at radius 2 is 1.91 bits per heavy atom. The molecule has 1 heterocycles. The fourth-order valence-corrected chi connectivity index (χ4v) is 2.52. The van der Waals surface area contributed by atoms with E-state index < -0.39 is 5.82 Å². The Morgan fingerprint density at radius 3 is 2.52 bits per heavy atom. The molecule has 23 heavy (non-hydrogen) atoms. The number of urea groups is 1. The van der Waals surface area contributed by atoms with Crippen molar-refractivity contribution < 1.29 is 18.7 Å². The summed E-state index contributed by atoms with van der Waals surface area (Å²) < 4.78 is 17.9. The van der Waals surface area contributed by atoms with Gasteiger partial charge >= 0.3 is 6.03 Å². The molecule has 0 saturated carbocycles. The predicted octanol–water partition coefficient (Wildman–Crippen LogP) is 1.48. The van der Waals surface area contributed by atoms with Gasteiger partial charge < -0.3 is 19.9 Å². The van der Waals surface area contributed by atoms with Crippen LogP contribution in [0.3, 0.4) is 0 Å². The second kappa shape index (κ2) is 8.12. The summed E-state index contributed by atoms with van der Waals surface area (Å²) in [5, 5.41) is 2.79. The number of ether oxygens (including phenoxy) is 1. The van der Waals surface area contributed by atoms with Crippen LogP contribution < -0.4 is 5.32 Å². The van der Waals surface area contributed by atoms with Crippen LogP contribution in [0, 0.1) is 5.82 Å². The number of halogens is 2. The molecule has 1 aromatic carbocycles. The number of nitrogens with zero attached hydrogens (tertiary/aromatic N) is 2. The van der Waals surface area contributed by atoms with E-state index in [1.165, 1.54) is 19.2 Å². The van der Waals surface area contributed by atoms with E-state index in [-0.39, 0.29) is 30.1 Å².